The van der Waals surface area contributed by atoms with Gasteiger partial charge in [0, 0.05) is 0 Å². The zero-order chi connectivity index (χ0) is 25.0. The van der Waals surface area contributed by atoms with Crippen LogP contribution in [0.5, 0.6) is 5.75 Å². The third-order valence-corrected chi connectivity index (χ3v) is 10.4. The third kappa shape index (κ3) is 7.52. The summed E-state index contributed by atoms with van der Waals surface area (Å²) >= 11 is 0. The van der Waals surface area contributed by atoms with E-state index in [-0.39, 0.29) is 10.8 Å². The molecule has 33 heavy (non-hydrogen) atoms. The van der Waals surface area contributed by atoms with Crippen LogP contribution in [0.4, 0.5) is 0 Å². The SMILES string of the molecule is CC(C)OP(=O)(OC(C)C)C(=Cc1ccc(O)c2c1CCCC2)P(=O)(OC(C)C)OC(C)C. The van der Waals surface area contributed by atoms with Crippen LogP contribution in [0.25, 0.3) is 6.08 Å². The smallest absolute Gasteiger partial charge is 0.370 e. The Bertz CT molecular complexity index is 867. The Morgan fingerprint density at radius 3 is 1.55 bits per heavy atom. The minimum Gasteiger partial charge on any atom is -0.508 e. The Morgan fingerprint density at radius 2 is 1.15 bits per heavy atom. The lowest BCUT2D eigenvalue weighted by molar-refractivity contribution is 0.138. The van der Waals surface area contributed by atoms with E-state index in [4.69, 9.17) is 18.1 Å². The van der Waals surface area contributed by atoms with Crippen molar-refractivity contribution in [3.8, 4) is 5.75 Å². The summed E-state index contributed by atoms with van der Waals surface area (Å²) in [5.41, 5.74) is 2.51. The van der Waals surface area contributed by atoms with Crippen molar-refractivity contribution in [3.63, 3.8) is 0 Å². The number of benzene rings is 1. The molecule has 0 heterocycles. The molecule has 188 valence electrons. The van der Waals surface area contributed by atoms with Gasteiger partial charge in [-0.05, 0) is 110 Å². The van der Waals surface area contributed by atoms with Gasteiger partial charge in [0.05, 0.1) is 24.4 Å². The van der Waals surface area contributed by atoms with Crippen LogP contribution in [0.3, 0.4) is 0 Å². The van der Waals surface area contributed by atoms with Crippen LogP contribution >= 0.6 is 15.2 Å². The first-order valence-electron chi connectivity index (χ1n) is 11.8. The molecular weight excluding hydrogens is 462 g/mol. The number of phenolic OH excluding ortho intramolecular Hbond substituents is 1. The van der Waals surface area contributed by atoms with Crippen molar-refractivity contribution in [2.75, 3.05) is 0 Å². The molecular formula is C24H40O7P2. The van der Waals surface area contributed by atoms with Crippen LogP contribution in [0.1, 0.15) is 84.9 Å². The van der Waals surface area contributed by atoms with Crippen molar-refractivity contribution in [2.45, 2.75) is 105 Å². The maximum atomic E-state index is 14.3. The zero-order valence-electron chi connectivity index (χ0n) is 21.2. The third-order valence-electron chi connectivity index (χ3n) is 4.79. The van der Waals surface area contributed by atoms with E-state index in [2.05, 4.69) is 0 Å². The van der Waals surface area contributed by atoms with Crippen LogP contribution in [-0.2, 0) is 40.1 Å². The first kappa shape index (κ1) is 28.3. The predicted octanol–water partition coefficient (Wildman–Crippen LogP) is 7.66. The van der Waals surface area contributed by atoms with E-state index in [1.165, 1.54) is 0 Å². The van der Waals surface area contributed by atoms with Gasteiger partial charge >= 0.3 is 15.2 Å². The first-order chi connectivity index (χ1) is 15.3. The van der Waals surface area contributed by atoms with E-state index in [0.29, 0.717) is 5.56 Å². The van der Waals surface area contributed by atoms with Gasteiger partial charge in [-0.1, -0.05) is 6.07 Å². The monoisotopic (exact) mass is 502 g/mol. The summed E-state index contributed by atoms with van der Waals surface area (Å²) in [6.07, 6.45) is 3.20. The van der Waals surface area contributed by atoms with Crippen molar-refractivity contribution in [1.29, 1.82) is 0 Å². The highest BCUT2D eigenvalue weighted by Gasteiger charge is 2.48. The standard InChI is InChI=1S/C24H40O7P2/c1-16(2)28-32(26,29-17(3)4)24(33(27,30-18(5)6)31-19(7)8)15-20-13-14-23(25)22-12-10-9-11-21(20)22/h13-19,25H,9-12H2,1-8H3. The molecule has 2 rings (SSSR count). The Labute approximate surface area is 198 Å². The van der Waals surface area contributed by atoms with Gasteiger partial charge in [0.15, 0.2) is 5.06 Å². The lowest BCUT2D eigenvalue weighted by Gasteiger charge is -2.31. The summed E-state index contributed by atoms with van der Waals surface area (Å²) in [7, 11) is -8.21. The van der Waals surface area contributed by atoms with E-state index in [0.717, 1.165) is 36.8 Å². The molecule has 0 radical (unpaired) electrons. The van der Waals surface area contributed by atoms with Gasteiger partial charge in [-0.15, -0.1) is 0 Å². The molecule has 1 aliphatic rings. The molecule has 0 amide bonds. The highest BCUT2D eigenvalue weighted by molar-refractivity contribution is 7.79. The van der Waals surface area contributed by atoms with E-state index >= 15 is 0 Å². The molecule has 0 bridgehead atoms. The summed E-state index contributed by atoms with van der Waals surface area (Å²) in [5.74, 6) is 0.239. The van der Waals surface area contributed by atoms with Crippen molar-refractivity contribution in [1.82, 2.24) is 0 Å². The van der Waals surface area contributed by atoms with Gasteiger partial charge in [-0.2, -0.15) is 0 Å². The Hall–Kier alpha value is -0.940. The minimum absolute atomic E-state index is 0.113. The molecule has 1 aromatic rings. The summed E-state index contributed by atoms with van der Waals surface area (Å²) in [5, 5.41) is 10.3. The molecule has 1 aromatic carbocycles. The van der Waals surface area contributed by atoms with Crippen LogP contribution < -0.4 is 0 Å². The molecule has 0 spiro atoms. The summed E-state index contributed by atoms with van der Waals surface area (Å²) in [6.45, 7) is 14.0. The topological polar surface area (TPSA) is 91.3 Å². The maximum absolute atomic E-state index is 14.3. The van der Waals surface area contributed by atoms with Crippen molar-refractivity contribution in [2.24, 2.45) is 0 Å². The lowest BCUT2D eigenvalue weighted by atomic mass is 9.87. The second kappa shape index (κ2) is 11.7. The highest BCUT2D eigenvalue weighted by atomic mass is 31.2. The fourth-order valence-electron chi connectivity index (χ4n) is 3.83. The number of rotatable bonds is 11. The molecule has 7 nitrogen and oxygen atoms in total. The summed E-state index contributed by atoms with van der Waals surface area (Å²) in [4.78, 5) is 0. The largest absolute Gasteiger partial charge is 0.508 e. The van der Waals surface area contributed by atoms with Crippen LogP contribution in [0.15, 0.2) is 17.2 Å². The summed E-state index contributed by atoms with van der Waals surface area (Å²) in [6, 6.07) is 3.35. The quantitative estimate of drug-likeness (QED) is 0.311. The molecule has 0 unspecified atom stereocenters. The molecule has 9 heteroatoms. The van der Waals surface area contributed by atoms with Gasteiger partial charge in [-0.3, -0.25) is 9.13 Å². The van der Waals surface area contributed by atoms with Crippen LogP contribution in [0, 0.1) is 0 Å². The van der Waals surface area contributed by atoms with Gasteiger partial charge in [0.2, 0.25) is 0 Å². The average molecular weight is 503 g/mol. The average Bonchev–Trinajstić information content (AvgIpc) is 2.64. The second-order valence-electron chi connectivity index (χ2n) is 9.45. The fraction of sp³-hybridized carbons (Fsp3) is 0.667. The number of hydrogen-bond donors (Lipinski definition) is 1. The van der Waals surface area contributed by atoms with E-state index in [1.807, 2.05) is 0 Å². The number of fused-ring (bicyclic) bond motifs is 1. The molecule has 0 aromatic heterocycles. The van der Waals surface area contributed by atoms with Crippen LogP contribution in [-0.4, -0.2) is 29.5 Å². The number of aromatic hydroxyl groups is 1. The lowest BCUT2D eigenvalue weighted by Crippen LogP contribution is -2.14. The maximum Gasteiger partial charge on any atom is 0.370 e. The molecule has 1 N–H and O–H groups in total. The normalized spacial score (nSPS) is 14.9. The second-order valence-corrected chi connectivity index (χ2v) is 13.6. The summed E-state index contributed by atoms with van der Waals surface area (Å²) < 4.78 is 52.0. The predicted molar refractivity (Wildman–Crippen MR) is 133 cm³/mol. The van der Waals surface area contributed by atoms with E-state index in [9.17, 15) is 14.2 Å². The molecule has 1 aliphatic carbocycles. The fourth-order valence-corrected chi connectivity index (χ4v) is 8.95. The van der Waals surface area contributed by atoms with Crippen molar-refractivity contribution in [3.05, 3.63) is 33.9 Å². The molecule has 0 fully saturated rings. The van der Waals surface area contributed by atoms with E-state index in [1.54, 1.807) is 73.6 Å². The van der Waals surface area contributed by atoms with Gasteiger partial charge < -0.3 is 23.2 Å². The Balaban J connectivity index is 2.84. The Morgan fingerprint density at radius 1 is 0.758 bits per heavy atom. The van der Waals surface area contributed by atoms with E-state index < -0.39 is 39.6 Å². The van der Waals surface area contributed by atoms with Crippen molar-refractivity contribution >= 4 is 21.3 Å². The minimum atomic E-state index is -4.10. The molecule has 0 atom stereocenters. The molecule has 0 saturated carbocycles. The van der Waals surface area contributed by atoms with Gasteiger partial charge in [0.1, 0.15) is 5.75 Å². The first-order valence-corrected chi connectivity index (χ1v) is 14.9. The number of phenols is 1. The Kier molecular flexibility index (Phi) is 10.00. The van der Waals surface area contributed by atoms with Crippen molar-refractivity contribution < 1.29 is 32.3 Å². The van der Waals surface area contributed by atoms with Gasteiger partial charge in [0.25, 0.3) is 0 Å². The van der Waals surface area contributed by atoms with Crippen LogP contribution in [0.2, 0.25) is 0 Å². The van der Waals surface area contributed by atoms with Gasteiger partial charge in [-0.25, -0.2) is 0 Å². The highest BCUT2D eigenvalue weighted by Crippen LogP contribution is 2.75. The number of hydrogen-bond acceptors (Lipinski definition) is 7. The molecule has 0 saturated heterocycles. The zero-order valence-corrected chi connectivity index (χ0v) is 22.9. The molecule has 0 aliphatic heterocycles.